The Morgan fingerprint density at radius 2 is 1.74 bits per heavy atom. The van der Waals surface area contributed by atoms with Gasteiger partial charge in [-0.1, -0.05) is 18.2 Å². The monoisotopic (exact) mass is 532 g/mol. The number of hydrogen-bond acceptors (Lipinski definition) is 5. The van der Waals surface area contributed by atoms with Crippen molar-refractivity contribution in [2.75, 3.05) is 4.72 Å². The van der Waals surface area contributed by atoms with Crippen molar-refractivity contribution >= 4 is 32.5 Å². The number of nitriles is 1. The Labute approximate surface area is 214 Å². The van der Waals surface area contributed by atoms with Gasteiger partial charge in [-0.05, 0) is 54.1 Å². The number of anilines is 1. The number of fused-ring (bicyclic) bond motifs is 1. The first-order chi connectivity index (χ1) is 18.2. The molecule has 0 bridgehead atoms. The first kappa shape index (κ1) is 24.7. The van der Waals surface area contributed by atoms with Gasteiger partial charge in [0.15, 0.2) is 5.82 Å². The van der Waals surface area contributed by atoms with Crippen molar-refractivity contribution in [3.05, 3.63) is 113 Å². The summed E-state index contributed by atoms with van der Waals surface area (Å²) in [4.78, 5) is 19.9. The normalized spacial score (nSPS) is 11.3. The van der Waals surface area contributed by atoms with Gasteiger partial charge < -0.3 is 4.98 Å². The van der Waals surface area contributed by atoms with Crippen molar-refractivity contribution in [3.63, 3.8) is 0 Å². The van der Waals surface area contributed by atoms with E-state index in [4.69, 9.17) is 5.26 Å². The van der Waals surface area contributed by atoms with E-state index in [1.54, 1.807) is 30.3 Å². The first-order valence-electron chi connectivity index (χ1n) is 11.0. The third-order valence-corrected chi connectivity index (χ3v) is 7.16. The molecule has 188 valence electrons. The van der Waals surface area contributed by atoms with Gasteiger partial charge in [0, 0.05) is 28.9 Å². The zero-order valence-electron chi connectivity index (χ0n) is 19.2. The number of benzene rings is 3. The van der Waals surface area contributed by atoms with Crippen molar-refractivity contribution in [1.29, 1.82) is 5.26 Å². The summed E-state index contributed by atoms with van der Waals surface area (Å²) in [6, 6.07) is 15.9. The zero-order chi connectivity index (χ0) is 27.0. The molecular weight excluding hydrogens is 517 g/mol. The van der Waals surface area contributed by atoms with Crippen LogP contribution in [0.2, 0.25) is 0 Å². The van der Waals surface area contributed by atoms with Gasteiger partial charge >= 0.3 is 0 Å². The van der Waals surface area contributed by atoms with E-state index < -0.39 is 49.4 Å². The summed E-state index contributed by atoms with van der Waals surface area (Å²) < 4.78 is 70.9. The third-order valence-electron chi connectivity index (χ3n) is 5.79. The highest BCUT2D eigenvalue weighted by Gasteiger charge is 2.26. The lowest BCUT2D eigenvalue weighted by molar-refractivity contribution is 0.103. The van der Waals surface area contributed by atoms with Crippen LogP contribution < -0.4 is 4.72 Å². The van der Waals surface area contributed by atoms with E-state index in [-0.39, 0.29) is 16.6 Å². The number of halogens is 3. The van der Waals surface area contributed by atoms with Crippen LogP contribution in [0, 0.1) is 28.8 Å². The molecule has 5 aromatic rings. The molecule has 7 nitrogen and oxygen atoms in total. The number of nitrogens with zero attached hydrogens (tertiary/aromatic N) is 2. The van der Waals surface area contributed by atoms with E-state index in [0.29, 0.717) is 16.7 Å². The van der Waals surface area contributed by atoms with Gasteiger partial charge in [-0.15, -0.1) is 0 Å². The molecule has 0 radical (unpaired) electrons. The Kier molecular flexibility index (Phi) is 6.18. The topological polar surface area (TPSA) is 116 Å². The highest BCUT2D eigenvalue weighted by molar-refractivity contribution is 7.92. The fourth-order valence-corrected chi connectivity index (χ4v) is 4.99. The third kappa shape index (κ3) is 4.49. The first-order valence-corrected chi connectivity index (χ1v) is 12.4. The van der Waals surface area contributed by atoms with Gasteiger partial charge in [0.1, 0.15) is 17.3 Å². The number of nitrogens with one attached hydrogen (secondary N) is 2. The van der Waals surface area contributed by atoms with Gasteiger partial charge in [0.2, 0.25) is 5.78 Å². The number of aromatic amines is 1. The molecule has 0 aliphatic heterocycles. The van der Waals surface area contributed by atoms with Crippen LogP contribution in [0.3, 0.4) is 0 Å². The fourth-order valence-electron chi connectivity index (χ4n) is 3.90. The zero-order valence-corrected chi connectivity index (χ0v) is 20.0. The summed E-state index contributed by atoms with van der Waals surface area (Å²) in [7, 11) is -4.44. The molecule has 11 heteroatoms. The Bertz CT molecular complexity index is 1880. The SMILES string of the molecule is N#Cc1ccc(-c2cnc3[nH]cc(C(=O)c4c(F)ccc(NS(=O)(=O)c5cccc(F)c5)c4F)c3c2)cc1. The van der Waals surface area contributed by atoms with Crippen molar-refractivity contribution in [2.24, 2.45) is 0 Å². The summed E-state index contributed by atoms with van der Waals surface area (Å²) in [5, 5.41) is 9.27. The Balaban J connectivity index is 1.54. The number of sulfonamides is 1. The Morgan fingerprint density at radius 3 is 2.45 bits per heavy atom. The lowest BCUT2D eigenvalue weighted by Crippen LogP contribution is -2.16. The summed E-state index contributed by atoms with van der Waals surface area (Å²) in [6.45, 7) is 0. The summed E-state index contributed by atoms with van der Waals surface area (Å²) in [5.41, 5.74) is 0.279. The minimum absolute atomic E-state index is 0.0917. The number of ketones is 1. The van der Waals surface area contributed by atoms with Crippen LogP contribution in [0.25, 0.3) is 22.2 Å². The van der Waals surface area contributed by atoms with Crippen LogP contribution >= 0.6 is 0 Å². The minimum Gasteiger partial charge on any atom is -0.345 e. The smallest absolute Gasteiger partial charge is 0.262 e. The van der Waals surface area contributed by atoms with Crippen LogP contribution in [0.1, 0.15) is 21.5 Å². The molecule has 2 aromatic heterocycles. The quantitative estimate of drug-likeness (QED) is 0.278. The second-order valence-corrected chi connectivity index (χ2v) is 9.87. The average molecular weight is 533 g/mol. The molecule has 3 aromatic carbocycles. The van der Waals surface area contributed by atoms with E-state index in [2.05, 4.69) is 9.97 Å². The number of rotatable bonds is 6. The fraction of sp³-hybridized carbons (Fsp3) is 0. The molecule has 0 spiro atoms. The van der Waals surface area contributed by atoms with Crippen LogP contribution in [0.15, 0.2) is 84.0 Å². The van der Waals surface area contributed by atoms with E-state index in [0.717, 1.165) is 36.4 Å². The van der Waals surface area contributed by atoms with Crippen LogP contribution in [-0.4, -0.2) is 24.2 Å². The maximum absolute atomic E-state index is 15.4. The standard InChI is InChI=1S/C27H15F3N4O3S/c28-18-2-1-3-19(11-18)38(36,37)34-23-9-8-22(29)24(25(23)30)26(35)21-14-33-27-20(21)10-17(13-32-27)16-6-4-15(12-31)5-7-16/h1-11,13-14,34H,(H,32,33). The molecular formula is C27H15F3N4O3S. The molecule has 2 N–H and O–H groups in total. The molecule has 0 aliphatic rings. The number of aromatic nitrogens is 2. The Hall–Kier alpha value is -4.95. The number of pyridine rings is 1. The number of H-pyrrole nitrogens is 1. The van der Waals surface area contributed by atoms with Gasteiger partial charge in [-0.25, -0.2) is 26.6 Å². The molecule has 0 saturated carbocycles. The minimum atomic E-state index is -4.44. The van der Waals surface area contributed by atoms with E-state index in [1.807, 2.05) is 10.8 Å². The molecule has 0 aliphatic carbocycles. The maximum atomic E-state index is 15.4. The van der Waals surface area contributed by atoms with E-state index in [9.17, 15) is 22.0 Å². The molecule has 0 saturated heterocycles. The van der Waals surface area contributed by atoms with Crippen LogP contribution in [-0.2, 0) is 10.0 Å². The lowest BCUT2D eigenvalue weighted by Gasteiger charge is -2.12. The average Bonchev–Trinajstić information content (AvgIpc) is 3.34. The van der Waals surface area contributed by atoms with Crippen molar-refractivity contribution in [2.45, 2.75) is 4.90 Å². The molecule has 38 heavy (non-hydrogen) atoms. The van der Waals surface area contributed by atoms with Gasteiger partial charge in [0.25, 0.3) is 10.0 Å². The number of carbonyl (C=O) groups excluding carboxylic acids is 1. The maximum Gasteiger partial charge on any atom is 0.262 e. The molecule has 0 amide bonds. The van der Waals surface area contributed by atoms with Gasteiger partial charge in [0.05, 0.1) is 27.8 Å². The molecule has 2 heterocycles. The summed E-state index contributed by atoms with van der Waals surface area (Å²) >= 11 is 0. The van der Waals surface area contributed by atoms with E-state index >= 15 is 4.39 Å². The van der Waals surface area contributed by atoms with Crippen molar-refractivity contribution in [3.8, 4) is 17.2 Å². The highest BCUT2D eigenvalue weighted by atomic mass is 32.2. The predicted molar refractivity (Wildman–Crippen MR) is 133 cm³/mol. The molecule has 0 unspecified atom stereocenters. The van der Waals surface area contributed by atoms with E-state index in [1.165, 1.54) is 12.4 Å². The van der Waals surface area contributed by atoms with Crippen molar-refractivity contribution < 1.29 is 26.4 Å². The second-order valence-electron chi connectivity index (χ2n) is 8.19. The second kappa shape index (κ2) is 9.49. The molecule has 0 atom stereocenters. The Morgan fingerprint density at radius 1 is 0.974 bits per heavy atom. The predicted octanol–water partition coefficient (Wildman–Crippen LogP) is 5.55. The highest BCUT2D eigenvalue weighted by Crippen LogP contribution is 2.30. The van der Waals surface area contributed by atoms with Gasteiger partial charge in [-0.2, -0.15) is 5.26 Å². The lowest BCUT2D eigenvalue weighted by atomic mass is 9.99. The summed E-state index contributed by atoms with van der Waals surface area (Å²) in [5.74, 6) is -4.50. The summed E-state index contributed by atoms with van der Waals surface area (Å²) in [6.07, 6.45) is 2.79. The number of carbonyl (C=O) groups is 1. The molecule has 5 rings (SSSR count). The van der Waals surface area contributed by atoms with Crippen LogP contribution in [0.5, 0.6) is 0 Å². The molecule has 0 fully saturated rings. The van der Waals surface area contributed by atoms with Crippen molar-refractivity contribution in [1.82, 2.24) is 9.97 Å². The number of hydrogen-bond donors (Lipinski definition) is 2. The van der Waals surface area contributed by atoms with Crippen LogP contribution in [0.4, 0.5) is 18.9 Å². The van der Waals surface area contributed by atoms with Gasteiger partial charge in [-0.3, -0.25) is 9.52 Å². The largest absolute Gasteiger partial charge is 0.345 e.